The highest BCUT2D eigenvalue weighted by Crippen LogP contribution is 2.36. The Balaban J connectivity index is 1.79. The van der Waals surface area contributed by atoms with Gasteiger partial charge in [-0.3, -0.25) is 0 Å². The van der Waals surface area contributed by atoms with Gasteiger partial charge in [0.2, 0.25) is 0 Å². The van der Waals surface area contributed by atoms with Crippen molar-refractivity contribution in [2.24, 2.45) is 0 Å². The van der Waals surface area contributed by atoms with Gasteiger partial charge in [-0.1, -0.05) is 0 Å². The fourth-order valence-electron chi connectivity index (χ4n) is 2.29. The highest BCUT2D eigenvalue weighted by Gasteiger charge is 2.41. The number of hydrogen-bond acceptors (Lipinski definition) is 4. The Morgan fingerprint density at radius 1 is 1.18 bits per heavy atom. The number of nitrogens with one attached hydrogen (secondary N) is 1. The Bertz CT molecular complexity index is 251. The monoisotopic (exact) mass is 261 g/mol. The van der Waals surface area contributed by atoms with Gasteiger partial charge >= 0.3 is 0 Å². The summed E-state index contributed by atoms with van der Waals surface area (Å²) in [6, 6.07) is 0.327. The second-order valence-electron chi connectivity index (χ2n) is 5.88. The van der Waals surface area contributed by atoms with E-state index < -0.39 is 11.4 Å². The fourth-order valence-corrected chi connectivity index (χ4v) is 3.18. The van der Waals surface area contributed by atoms with Crippen molar-refractivity contribution in [3.63, 3.8) is 0 Å². The molecule has 0 aromatic carbocycles. The molecule has 0 bridgehead atoms. The van der Waals surface area contributed by atoms with E-state index in [2.05, 4.69) is 4.72 Å². The van der Waals surface area contributed by atoms with E-state index in [1.807, 2.05) is 20.8 Å². The van der Waals surface area contributed by atoms with Crippen molar-refractivity contribution in [2.75, 3.05) is 13.2 Å². The summed E-state index contributed by atoms with van der Waals surface area (Å²) in [4.78, 5) is 0. The Kier molecular flexibility index (Phi) is 4.05. The van der Waals surface area contributed by atoms with E-state index >= 15 is 0 Å². The van der Waals surface area contributed by atoms with E-state index in [1.54, 1.807) is 0 Å². The van der Waals surface area contributed by atoms with Crippen LogP contribution in [0.4, 0.5) is 0 Å². The van der Waals surface area contributed by atoms with Crippen LogP contribution in [0.3, 0.4) is 0 Å². The summed E-state index contributed by atoms with van der Waals surface area (Å²) in [7, 11) is 0. The molecule has 1 saturated carbocycles. The molecule has 1 heterocycles. The van der Waals surface area contributed by atoms with Crippen molar-refractivity contribution in [2.45, 2.75) is 63.0 Å². The largest absolute Gasteiger partial charge is 0.598 e. The zero-order valence-electron chi connectivity index (χ0n) is 11.0. The third-order valence-electron chi connectivity index (χ3n) is 3.39. The van der Waals surface area contributed by atoms with Gasteiger partial charge in [-0.15, -0.1) is 4.72 Å². The van der Waals surface area contributed by atoms with Gasteiger partial charge in [0, 0.05) is 24.2 Å². The van der Waals surface area contributed by atoms with Crippen molar-refractivity contribution in [3.05, 3.63) is 0 Å². The van der Waals surface area contributed by atoms with Crippen LogP contribution in [0.25, 0.3) is 0 Å². The molecule has 2 aliphatic rings. The van der Waals surface area contributed by atoms with E-state index in [0.717, 1.165) is 25.7 Å². The van der Waals surface area contributed by atoms with Crippen LogP contribution in [0.15, 0.2) is 0 Å². The van der Waals surface area contributed by atoms with Gasteiger partial charge in [-0.25, -0.2) is 0 Å². The molecule has 2 rings (SSSR count). The number of rotatable bonds is 2. The lowest BCUT2D eigenvalue weighted by Gasteiger charge is -2.36. The Labute approximate surface area is 107 Å². The van der Waals surface area contributed by atoms with Gasteiger partial charge in [0.05, 0.1) is 19.3 Å². The molecule has 2 fully saturated rings. The van der Waals surface area contributed by atoms with Crippen LogP contribution < -0.4 is 4.72 Å². The Hall–Kier alpha value is 0.190. The predicted octanol–water partition coefficient (Wildman–Crippen LogP) is 1.72. The molecule has 1 aliphatic carbocycles. The highest BCUT2D eigenvalue weighted by molar-refractivity contribution is 7.90. The normalized spacial score (nSPS) is 27.5. The van der Waals surface area contributed by atoms with Crippen LogP contribution in [0, 0.1) is 0 Å². The SMILES string of the molecule is CC(C)(C)[S@@+]([O-])NC1CCC2(CC1)OCCO2. The molecule has 17 heavy (non-hydrogen) atoms. The van der Waals surface area contributed by atoms with Gasteiger partial charge in [0.15, 0.2) is 5.79 Å². The van der Waals surface area contributed by atoms with Crippen LogP contribution in [0.5, 0.6) is 0 Å². The summed E-state index contributed by atoms with van der Waals surface area (Å²) >= 11 is -0.980. The molecule has 1 aliphatic heterocycles. The molecular weight excluding hydrogens is 238 g/mol. The summed E-state index contributed by atoms with van der Waals surface area (Å²) in [5.74, 6) is -0.318. The van der Waals surface area contributed by atoms with Crippen molar-refractivity contribution in [3.8, 4) is 0 Å². The van der Waals surface area contributed by atoms with Crippen LogP contribution in [-0.2, 0) is 20.8 Å². The molecule has 1 saturated heterocycles. The summed E-state index contributed by atoms with van der Waals surface area (Å²) in [6.07, 6.45) is 3.77. The molecule has 5 heteroatoms. The van der Waals surface area contributed by atoms with Crippen LogP contribution in [0.1, 0.15) is 46.5 Å². The molecule has 0 aromatic heterocycles. The first kappa shape index (κ1) is 13.6. The first-order valence-corrected chi connectivity index (χ1v) is 7.52. The highest BCUT2D eigenvalue weighted by atomic mass is 32.2. The van der Waals surface area contributed by atoms with Crippen LogP contribution >= 0.6 is 0 Å². The molecule has 4 nitrogen and oxygen atoms in total. The summed E-state index contributed by atoms with van der Waals surface area (Å²) < 4.78 is 26.4. The van der Waals surface area contributed by atoms with Crippen molar-refractivity contribution in [1.82, 2.24) is 4.72 Å². The molecule has 100 valence electrons. The molecule has 1 atom stereocenters. The second kappa shape index (κ2) is 5.05. The molecule has 0 radical (unpaired) electrons. The van der Waals surface area contributed by atoms with Gasteiger partial charge in [-0.2, -0.15) is 0 Å². The Morgan fingerprint density at radius 2 is 1.71 bits per heavy atom. The minimum absolute atomic E-state index is 0.199. The lowest BCUT2D eigenvalue weighted by Crippen LogP contribution is -2.48. The standard InChI is InChI=1S/C12H23NO3S/c1-11(2,3)17(14)13-10-4-6-12(7-5-10)15-8-9-16-12/h10,13H,4-9H2,1-3H3/t17-/m1/s1. The van der Waals surface area contributed by atoms with E-state index in [9.17, 15) is 4.55 Å². The molecular formula is C12H23NO3S. The van der Waals surface area contributed by atoms with Gasteiger partial charge in [0.1, 0.15) is 4.75 Å². The van der Waals surface area contributed by atoms with E-state index in [4.69, 9.17) is 9.47 Å². The molecule has 1 N–H and O–H groups in total. The molecule has 0 unspecified atom stereocenters. The lowest BCUT2D eigenvalue weighted by atomic mass is 9.91. The minimum Gasteiger partial charge on any atom is -0.598 e. The first-order chi connectivity index (χ1) is 7.91. The third kappa shape index (κ3) is 3.35. The maximum Gasteiger partial charge on any atom is 0.168 e. The summed E-state index contributed by atoms with van der Waals surface area (Å²) in [5.41, 5.74) is 0. The first-order valence-electron chi connectivity index (χ1n) is 6.37. The number of ether oxygens (including phenoxy) is 2. The lowest BCUT2D eigenvalue weighted by molar-refractivity contribution is -0.178. The minimum atomic E-state index is -0.980. The maximum atomic E-state index is 12.0. The zero-order valence-corrected chi connectivity index (χ0v) is 11.8. The van der Waals surface area contributed by atoms with E-state index in [1.165, 1.54) is 0 Å². The van der Waals surface area contributed by atoms with Crippen LogP contribution in [-0.4, -0.2) is 34.3 Å². The van der Waals surface area contributed by atoms with E-state index in [-0.39, 0.29) is 10.5 Å². The van der Waals surface area contributed by atoms with Crippen molar-refractivity contribution >= 4 is 11.4 Å². The predicted molar refractivity (Wildman–Crippen MR) is 67.9 cm³/mol. The van der Waals surface area contributed by atoms with Gasteiger partial charge in [0.25, 0.3) is 0 Å². The summed E-state index contributed by atoms with van der Waals surface area (Å²) in [5, 5.41) is 0. The summed E-state index contributed by atoms with van der Waals surface area (Å²) in [6.45, 7) is 7.40. The fraction of sp³-hybridized carbons (Fsp3) is 1.00. The van der Waals surface area contributed by atoms with Gasteiger partial charge < -0.3 is 14.0 Å². The zero-order chi connectivity index (χ0) is 12.5. The third-order valence-corrected chi connectivity index (χ3v) is 5.05. The van der Waals surface area contributed by atoms with Crippen molar-refractivity contribution < 1.29 is 14.0 Å². The van der Waals surface area contributed by atoms with E-state index in [0.29, 0.717) is 19.3 Å². The second-order valence-corrected chi connectivity index (χ2v) is 7.88. The molecule has 0 aromatic rings. The maximum absolute atomic E-state index is 12.0. The average molecular weight is 261 g/mol. The molecule has 0 amide bonds. The average Bonchev–Trinajstić information content (AvgIpc) is 2.69. The van der Waals surface area contributed by atoms with Gasteiger partial charge in [-0.05, 0) is 33.6 Å². The topological polar surface area (TPSA) is 53.5 Å². The smallest absolute Gasteiger partial charge is 0.168 e. The Morgan fingerprint density at radius 3 is 2.18 bits per heavy atom. The molecule has 1 spiro atoms. The van der Waals surface area contributed by atoms with Crippen LogP contribution in [0.2, 0.25) is 0 Å². The number of hydrogen-bond donors (Lipinski definition) is 1. The van der Waals surface area contributed by atoms with Crippen molar-refractivity contribution in [1.29, 1.82) is 0 Å². The quantitative estimate of drug-likeness (QED) is 0.769.